The zero-order valence-electron chi connectivity index (χ0n) is 16.1. The number of pyridine rings is 1. The molecule has 0 amide bonds. The number of nitrogens with zero attached hydrogens (tertiary/aromatic N) is 1. The average Bonchev–Trinajstić information content (AvgIpc) is 2.70. The number of para-hydroxylation sites is 1. The Hall–Kier alpha value is -2.81. The van der Waals surface area contributed by atoms with Gasteiger partial charge in [0.15, 0.2) is 0 Å². The zero-order valence-corrected chi connectivity index (χ0v) is 16.1. The maximum Gasteiger partial charge on any atom is 0.416 e. The summed E-state index contributed by atoms with van der Waals surface area (Å²) in [6, 6.07) is 8.67. The summed E-state index contributed by atoms with van der Waals surface area (Å²) < 4.78 is 85.0. The summed E-state index contributed by atoms with van der Waals surface area (Å²) in [4.78, 5) is 12.8. The Morgan fingerprint density at radius 3 is 2.23 bits per heavy atom. The molecule has 0 saturated heterocycles. The van der Waals surface area contributed by atoms with Gasteiger partial charge in [-0.1, -0.05) is 18.2 Å². The van der Waals surface area contributed by atoms with Gasteiger partial charge in [0.1, 0.15) is 0 Å². The second-order valence-corrected chi connectivity index (χ2v) is 7.49. The molecule has 3 nitrogen and oxygen atoms in total. The predicted molar refractivity (Wildman–Crippen MR) is 101 cm³/mol. The number of hydrogen-bond acceptors (Lipinski definition) is 2. The lowest BCUT2D eigenvalue weighted by Gasteiger charge is -2.20. The van der Waals surface area contributed by atoms with E-state index >= 15 is 0 Å². The molecular formula is C22H17F6NO2. The maximum atomic E-state index is 13.0. The number of alkyl halides is 6. The lowest BCUT2D eigenvalue weighted by Crippen LogP contribution is -2.27. The number of aryl methyl sites for hydroxylation is 2. The van der Waals surface area contributed by atoms with E-state index in [1.807, 2.05) is 18.2 Å². The number of hydrogen-bond donors (Lipinski definition) is 0. The van der Waals surface area contributed by atoms with Crippen LogP contribution in [-0.4, -0.2) is 4.57 Å². The SMILES string of the molecule is O=c1c(COCc2cc(C(F)(F)F)cc(C(F)(F)F)c2)cc2cccc3c2n1CCC3. The van der Waals surface area contributed by atoms with E-state index in [0.717, 1.165) is 29.3 Å². The Labute approximate surface area is 172 Å². The van der Waals surface area contributed by atoms with E-state index in [4.69, 9.17) is 4.74 Å². The first-order chi connectivity index (χ1) is 14.5. The standard InChI is InChI=1S/C22H17F6NO2/c23-21(24,25)17-7-13(8-18(10-17)22(26,27)28)11-31-12-16-9-15-4-1-3-14-5-2-6-29(19(14)15)20(16)30/h1,3-4,7-10H,2,5-6,11-12H2. The van der Waals surface area contributed by atoms with Gasteiger partial charge in [0, 0.05) is 12.1 Å². The summed E-state index contributed by atoms with van der Waals surface area (Å²) in [6.45, 7) is -0.177. The highest BCUT2D eigenvalue weighted by Crippen LogP contribution is 2.36. The first-order valence-electron chi connectivity index (χ1n) is 9.54. The van der Waals surface area contributed by atoms with Crippen molar-refractivity contribution in [3.8, 4) is 0 Å². The molecule has 2 heterocycles. The van der Waals surface area contributed by atoms with Gasteiger partial charge in [-0.25, -0.2) is 0 Å². The van der Waals surface area contributed by atoms with Gasteiger partial charge in [-0.05, 0) is 53.6 Å². The third-order valence-electron chi connectivity index (χ3n) is 5.27. The molecule has 0 radical (unpaired) electrons. The van der Waals surface area contributed by atoms with Crippen molar-refractivity contribution in [2.75, 3.05) is 0 Å². The van der Waals surface area contributed by atoms with Crippen molar-refractivity contribution >= 4 is 10.9 Å². The van der Waals surface area contributed by atoms with Crippen LogP contribution in [0.25, 0.3) is 10.9 Å². The fourth-order valence-electron chi connectivity index (χ4n) is 3.91. The lowest BCUT2D eigenvalue weighted by atomic mass is 10.0. The monoisotopic (exact) mass is 441 g/mol. The third kappa shape index (κ3) is 4.32. The summed E-state index contributed by atoms with van der Waals surface area (Å²) in [5.41, 5.74) is -1.11. The molecule has 3 aromatic rings. The van der Waals surface area contributed by atoms with Gasteiger partial charge < -0.3 is 9.30 Å². The van der Waals surface area contributed by atoms with Gasteiger partial charge in [-0.3, -0.25) is 4.79 Å². The van der Waals surface area contributed by atoms with Crippen LogP contribution in [0.2, 0.25) is 0 Å². The van der Waals surface area contributed by atoms with Crippen LogP contribution in [0.15, 0.2) is 47.3 Å². The van der Waals surface area contributed by atoms with Gasteiger partial charge in [0.05, 0.1) is 29.9 Å². The van der Waals surface area contributed by atoms with E-state index in [2.05, 4.69) is 0 Å². The fraction of sp³-hybridized carbons (Fsp3) is 0.318. The molecule has 1 aliphatic rings. The number of rotatable bonds is 4. The highest BCUT2D eigenvalue weighted by molar-refractivity contribution is 5.83. The molecule has 0 saturated carbocycles. The molecule has 0 fully saturated rings. The molecule has 31 heavy (non-hydrogen) atoms. The van der Waals surface area contributed by atoms with Crippen molar-refractivity contribution in [3.63, 3.8) is 0 Å². The van der Waals surface area contributed by atoms with E-state index < -0.39 is 30.1 Å². The van der Waals surface area contributed by atoms with E-state index in [1.54, 1.807) is 10.6 Å². The van der Waals surface area contributed by atoms with Crippen LogP contribution in [0.4, 0.5) is 26.3 Å². The molecule has 0 aliphatic carbocycles. The van der Waals surface area contributed by atoms with Crippen LogP contribution in [0.3, 0.4) is 0 Å². The summed E-state index contributed by atoms with van der Waals surface area (Å²) in [5, 5.41) is 0.842. The van der Waals surface area contributed by atoms with E-state index in [9.17, 15) is 31.1 Å². The lowest BCUT2D eigenvalue weighted by molar-refractivity contribution is -0.143. The molecule has 164 valence electrons. The Kier molecular flexibility index (Phi) is 5.33. The normalized spacial score (nSPS) is 14.3. The van der Waals surface area contributed by atoms with Gasteiger partial charge in [-0.15, -0.1) is 0 Å². The van der Waals surface area contributed by atoms with E-state index in [1.165, 1.54) is 0 Å². The molecule has 0 bridgehead atoms. The molecule has 4 rings (SSSR count). The van der Waals surface area contributed by atoms with Crippen LogP contribution in [0.1, 0.15) is 34.2 Å². The van der Waals surface area contributed by atoms with Crippen molar-refractivity contribution in [2.45, 2.75) is 45.0 Å². The maximum absolute atomic E-state index is 13.0. The zero-order chi connectivity index (χ0) is 22.4. The average molecular weight is 441 g/mol. The number of aromatic nitrogens is 1. The smallest absolute Gasteiger partial charge is 0.372 e. The number of benzene rings is 2. The first kappa shape index (κ1) is 21.4. The number of ether oxygens (including phenoxy) is 1. The summed E-state index contributed by atoms with van der Waals surface area (Å²) in [7, 11) is 0. The predicted octanol–water partition coefficient (Wildman–Crippen LogP) is 5.70. The van der Waals surface area contributed by atoms with Gasteiger partial charge in [0.2, 0.25) is 0 Å². The second kappa shape index (κ2) is 7.71. The molecule has 9 heteroatoms. The van der Waals surface area contributed by atoms with Crippen LogP contribution >= 0.6 is 0 Å². The van der Waals surface area contributed by atoms with Crippen molar-refractivity contribution in [1.82, 2.24) is 4.57 Å². The Bertz CT molecular complexity index is 1160. The highest BCUT2D eigenvalue weighted by Gasteiger charge is 2.36. The fourth-order valence-corrected chi connectivity index (χ4v) is 3.91. The van der Waals surface area contributed by atoms with E-state index in [-0.39, 0.29) is 23.8 Å². The molecule has 0 unspecified atom stereocenters. The molecule has 1 aromatic heterocycles. The van der Waals surface area contributed by atoms with Gasteiger partial charge in [-0.2, -0.15) is 26.3 Å². The largest absolute Gasteiger partial charge is 0.416 e. The molecule has 0 atom stereocenters. The molecule has 0 spiro atoms. The molecule has 1 aliphatic heterocycles. The third-order valence-corrected chi connectivity index (χ3v) is 5.27. The van der Waals surface area contributed by atoms with E-state index in [0.29, 0.717) is 24.2 Å². The minimum absolute atomic E-state index is 0.0710. The Morgan fingerprint density at radius 2 is 1.58 bits per heavy atom. The minimum Gasteiger partial charge on any atom is -0.372 e. The number of halogens is 6. The second-order valence-electron chi connectivity index (χ2n) is 7.49. The van der Waals surface area contributed by atoms with Crippen molar-refractivity contribution in [2.24, 2.45) is 0 Å². The Morgan fingerprint density at radius 1 is 0.903 bits per heavy atom. The first-order valence-corrected chi connectivity index (χ1v) is 9.54. The van der Waals surface area contributed by atoms with Crippen molar-refractivity contribution in [1.29, 1.82) is 0 Å². The summed E-state index contributed by atoms with van der Waals surface area (Å²) in [5.74, 6) is 0. The summed E-state index contributed by atoms with van der Waals surface area (Å²) in [6.07, 6.45) is -8.17. The van der Waals surface area contributed by atoms with Crippen LogP contribution in [-0.2, 0) is 43.3 Å². The molecule has 0 N–H and O–H groups in total. The van der Waals surface area contributed by atoms with Crippen LogP contribution in [0.5, 0.6) is 0 Å². The topological polar surface area (TPSA) is 31.2 Å². The van der Waals surface area contributed by atoms with Crippen LogP contribution < -0.4 is 5.56 Å². The molecule has 2 aromatic carbocycles. The quantitative estimate of drug-likeness (QED) is 0.487. The minimum atomic E-state index is -4.92. The highest BCUT2D eigenvalue weighted by atomic mass is 19.4. The van der Waals surface area contributed by atoms with Crippen molar-refractivity contribution in [3.05, 3.63) is 80.6 Å². The molecular weight excluding hydrogens is 424 g/mol. The summed E-state index contributed by atoms with van der Waals surface area (Å²) >= 11 is 0. The van der Waals surface area contributed by atoms with Crippen LogP contribution in [0, 0.1) is 0 Å². The van der Waals surface area contributed by atoms with Gasteiger partial charge >= 0.3 is 12.4 Å². The Balaban J connectivity index is 1.60. The van der Waals surface area contributed by atoms with Crippen molar-refractivity contribution < 1.29 is 31.1 Å². The van der Waals surface area contributed by atoms with Gasteiger partial charge in [0.25, 0.3) is 5.56 Å².